The first-order chi connectivity index (χ1) is 13.2. The fraction of sp³-hybridized carbons (Fsp3) is 0.300. The Kier molecular flexibility index (Phi) is 5.88. The molecule has 0 fully saturated rings. The van der Waals surface area contributed by atoms with E-state index in [-0.39, 0.29) is 21.3 Å². The Morgan fingerprint density at radius 1 is 1.07 bits per heavy atom. The van der Waals surface area contributed by atoms with Crippen molar-refractivity contribution in [2.24, 2.45) is 0 Å². The standard InChI is InChI=1S/C20H20ClNO5S/c1-12(19(23)15-7-6-13-4-3-5-14(13)10-15)27-20(24)16-8-9-17(21)18(11-16)28(25,26)22-2/h6-12,22H,3-5H2,1-2H3. The zero-order valence-electron chi connectivity index (χ0n) is 15.5. The molecule has 1 aliphatic rings. The molecule has 0 spiro atoms. The number of halogens is 1. The second-order valence-electron chi connectivity index (χ2n) is 6.60. The first-order valence-corrected chi connectivity index (χ1v) is 10.7. The zero-order chi connectivity index (χ0) is 20.5. The molecule has 2 aromatic carbocycles. The number of rotatable bonds is 6. The van der Waals surface area contributed by atoms with Crippen molar-refractivity contribution in [3.63, 3.8) is 0 Å². The predicted octanol–water partition coefficient (Wildman–Crippen LogP) is 3.17. The van der Waals surface area contributed by atoms with Crippen molar-refractivity contribution < 1.29 is 22.7 Å². The minimum atomic E-state index is -3.84. The second-order valence-corrected chi connectivity index (χ2v) is 8.86. The van der Waals surface area contributed by atoms with Crippen LogP contribution in [0, 0.1) is 0 Å². The number of carbonyl (C=O) groups excluding carboxylic acids is 2. The maximum absolute atomic E-state index is 12.6. The molecule has 1 atom stereocenters. The van der Waals surface area contributed by atoms with Gasteiger partial charge in [0.15, 0.2) is 6.10 Å². The molecular formula is C20H20ClNO5S. The predicted molar refractivity (Wildman–Crippen MR) is 105 cm³/mol. The van der Waals surface area contributed by atoms with Gasteiger partial charge >= 0.3 is 5.97 Å². The highest BCUT2D eigenvalue weighted by molar-refractivity contribution is 7.89. The largest absolute Gasteiger partial charge is 0.451 e. The maximum Gasteiger partial charge on any atom is 0.338 e. The van der Waals surface area contributed by atoms with E-state index in [4.69, 9.17) is 16.3 Å². The lowest BCUT2D eigenvalue weighted by Gasteiger charge is -2.14. The van der Waals surface area contributed by atoms with Crippen LogP contribution in [0.3, 0.4) is 0 Å². The van der Waals surface area contributed by atoms with Crippen LogP contribution in [0.25, 0.3) is 0 Å². The molecule has 3 rings (SSSR count). The molecule has 0 bridgehead atoms. The van der Waals surface area contributed by atoms with Crippen LogP contribution in [0.15, 0.2) is 41.3 Å². The molecule has 0 saturated carbocycles. The van der Waals surface area contributed by atoms with Crippen molar-refractivity contribution in [3.8, 4) is 0 Å². The molecule has 0 aromatic heterocycles. The average molecular weight is 422 g/mol. The lowest BCUT2D eigenvalue weighted by atomic mass is 10.0. The summed E-state index contributed by atoms with van der Waals surface area (Å²) in [5.41, 5.74) is 2.90. The van der Waals surface area contributed by atoms with Crippen molar-refractivity contribution in [2.45, 2.75) is 37.2 Å². The number of hydrogen-bond donors (Lipinski definition) is 1. The summed E-state index contributed by atoms with van der Waals surface area (Å²) < 4.78 is 31.4. The van der Waals surface area contributed by atoms with Crippen LogP contribution in [0.4, 0.5) is 0 Å². The van der Waals surface area contributed by atoms with Gasteiger partial charge < -0.3 is 4.74 Å². The first-order valence-electron chi connectivity index (χ1n) is 8.83. The third-order valence-electron chi connectivity index (χ3n) is 4.76. The van der Waals surface area contributed by atoms with Gasteiger partial charge in [0.05, 0.1) is 10.6 Å². The number of Topliss-reactive ketones (excluding diaryl/α,β-unsaturated/α-hetero) is 1. The molecule has 1 aliphatic carbocycles. The molecule has 148 valence electrons. The van der Waals surface area contributed by atoms with Crippen LogP contribution < -0.4 is 4.72 Å². The van der Waals surface area contributed by atoms with Gasteiger partial charge in [0.25, 0.3) is 0 Å². The third-order valence-corrected chi connectivity index (χ3v) is 6.66. The van der Waals surface area contributed by atoms with Gasteiger partial charge in [-0.2, -0.15) is 0 Å². The molecule has 0 saturated heterocycles. The van der Waals surface area contributed by atoms with Gasteiger partial charge in [-0.1, -0.05) is 23.7 Å². The summed E-state index contributed by atoms with van der Waals surface area (Å²) in [6, 6.07) is 9.33. The maximum atomic E-state index is 12.6. The normalized spacial score (nSPS) is 14.4. The number of esters is 1. The second kappa shape index (κ2) is 8.03. The minimum absolute atomic E-state index is 0.00757. The van der Waals surface area contributed by atoms with Crippen LogP contribution in [-0.2, 0) is 27.6 Å². The first kappa shape index (κ1) is 20.5. The summed E-state index contributed by atoms with van der Waals surface area (Å²) in [5.74, 6) is -1.11. The van der Waals surface area contributed by atoms with Crippen molar-refractivity contribution in [1.82, 2.24) is 4.72 Å². The summed E-state index contributed by atoms with van der Waals surface area (Å²) in [6.07, 6.45) is 2.03. The molecule has 0 amide bonds. The van der Waals surface area contributed by atoms with Gasteiger partial charge in [0.2, 0.25) is 15.8 Å². The fourth-order valence-corrected chi connectivity index (χ4v) is 4.44. The molecule has 2 aromatic rings. The van der Waals surface area contributed by atoms with E-state index in [1.165, 1.54) is 31.7 Å². The molecule has 6 nitrogen and oxygen atoms in total. The number of sulfonamides is 1. The van der Waals surface area contributed by atoms with Gasteiger partial charge in [-0.25, -0.2) is 17.9 Å². The zero-order valence-corrected chi connectivity index (χ0v) is 17.1. The van der Waals surface area contributed by atoms with E-state index in [9.17, 15) is 18.0 Å². The van der Waals surface area contributed by atoms with E-state index in [0.717, 1.165) is 30.9 Å². The van der Waals surface area contributed by atoms with Crippen LogP contribution >= 0.6 is 11.6 Å². The third kappa shape index (κ3) is 4.11. The topological polar surface area (TPSA) is 89.5 Å². The Labute approximate surface area is 168 Å². The molecule has 8 heteroatoms. The van der Waals surface area contributed by atoms with Gasteiger partial charge in [0.1, 0.15) is 4.90 Å². The minimum Gasteiger partial charge on any atom is -0.451 e. The number of benzene rings is 2. The molecule has 28 heavy (non-hydrogen) atoms. The molecule has 1 N–H and O–H groups in total. The van der Waals surface area contributed by atoms with E-state index in [2.05, 4.69) is 4.72 Å². The van der Waals surface area contributed by atoms with Gasteiger partial charge in [-0.05, 0) is 68.6 Å². The molecular weight excluding hydrogens is 402 g/mol. The number of aryl methyl sites for hydroxylation is 2. The summed E-state index contributed by atoms with van der Waals surface area (Å²) in [4.78, 5) is 24.8. The number of ketones is 1. The van der Waals surface area contributed by atoms with Crippen molar-refractivity contribution >= 4 is 33.4 Å². The monoisotopic (exact) mass is 421 g/mol. The van der Waals surface area contributed by atoms with Crippen molar-refractivity contribution in [1.29, 1.82) is 0 Å². The Morgan fingerprint density at radius 3 is 2.46 bits per heavy atom. The molecule has 0 radical (unpaired) electrons. The lowest BCUT2D eigenvalue weighted by molar-refractivity contribution is 0.0318. The highest BCUT2D eigenvalue weighted by Gasteiger charge is 2.24. The van der Waals surface area contributed by atoms with Crippen LogP contribution in [0.2, 0.25) is 5.02 Å². The van der Waals surface area contributed by atoms with Gasteiger partial charge in [-0.3, -0.25) is 4.79 Å². The summed E-state index contributed by atoms with van der Waals surface area (Å²) >= 11 is 5.92. The number of carbonyl (C=O) groups is 2. The quantitative estimate of drug-likeness (QED) is 0.571. The number of hydrogen-bond acceptors (Lipinski definition) is 5. The Hall–Kier alpha value is -2.22. The summed E-state index contributed by atoms with van der Waals surface area (Å²) in [7, 11) is -2.59. The van der Waals surface area contributed by atoms with E-state index < -0.39 is 22.1 Å². The smallest absolute Gasteiger partial charge is 0.338 e. The molecule has 0 aliphatic heterocycles. The van der Waals surface area contributed by atoms with Crippen molar-refractivity contribution in [2.75, 3.05) is 7.05 Å². The van der Waals surface area contributed by atoms with Crippen LogP contribution in [-0.4, -0.2) is 33.3 Å². The number of nitrogens with one attached hydrogen (secondary N) is 1. The lowest BCUT2D eigenvalue weighted by Crippen LogP contribution is -2.25. The van der Waals surface area contributed by atoms with Crippen LogP contribution in [0.1, 0.15) is 45.2 Å². The van der Waals surface area contributed by atoms with E-state index in [0.29, 0.717) is 5.56 Å². The SMILES string of the molecule is CNS(=O)(=O)c1cc(C(=O)OC(C)C(=O)c2ccc3c(c2)CCC3)ccc1Cl. The highest BCUT2D eigenvalue weighted by Crippen LogP contribution is 2.25. The molecule has 1 unspecified atom stereocenters. The Morgan fingerprint density at radius 2 is 1.75 bits per heavy atom. The van der Waals surface area contributed by atoms with Crippen molar-refractivity contribution in [3.05, 3.63) is 63.7 Å². The number of ether oxygens (including phenoxy) is 1. The highest BCUT2D eigenvalue weighted by atomic mass is 35.5. The van der Waals surface area contributed by atoms with E-state index in [1.807, 2.05) is 12.1 Å². The van der Waals surface area contributed by atoms with E-state index >= 15 is 0 Å². The summed E-state index contributed by atoms with van der Waals surface area (Å²) in [6.45, 7) is 1.49. The average Bonchev–Trinajstić information content (AvgIpc) is 3.15. The van der Waals surface area contributed by atoms with E-state index in [1.54, 1.807) is 6.07 Å². The Balaban J connectivity index is 1.77. The summed E-state index contributed by atoms with van der Waals surface area (Å²) in [5, 5.41) is -0.0202. The fourth-order valence-electron chi connectivity index (χ4n) is 3.19. The van der Waals surface area contributed by atoms with Gasteiger partial charge in [-0.15, -0.1) is 0 Å². The van der Waals surface area contributed by atoms with Gasteiger partial charge in [0, 0.05) is 5.56 Å². The molecule has 0 heterocycles. The Bertz CT molecular complexity index is 1050. The number of fused-ring (bicyclic) bond motifs is 1. The van der Waals surface area contributed by atoms with Crippen LogP contribution in [0.5, 0.6) is 0 Å².